The second-order valence-corrected chi connectivity index (χ2v) is 5.13. The molecule has 1 aromatic rings. The first-order valence-corrected chi connectivity index (χ1v) is 6.07. The predicted octanol–water partition coefficient (Wildman–Crippen LogP) is 1.78. The molecule has 4 heteroatoms. The molecular weight excluding hydrogens is 214 g/mol. The standard InChI is InChI=1S/C13H19N3O/c1-9-5-10(2)8-16(7-9)13(17)12-4-3-11(14)6-15-12/h3-4,6,9-10H,5,7-8,14H2,1-2H3. The molecule has 17 heavy (non-hydrogen) atoms. The van der Waals surface area contributed by atoms with Gasteiger partial charge >= 0.3 is 0 Å². The van der Waals surface area contributed by atoms with E-state index in [1.165, 1.54) is 12.6 Å². The summed E-state index contributed by atoms with van der Waals surface area (Å²) in [5.74, 6) is 1.15. The Morgan fingerprint density at radius 2 is 2.00 bits per heavy atom. The number of hydrogen-bond donors (Lipinski definition) is 1. The highest BCUT2D eigenvalue weighted by molar-refractivity contribution is 5.92. The topological polar surface area (TPSA) is 59.2 Å². The summed E-state index contributed by atoms with van der Waals surface area (Å²) in [7, 11) is 0. The van der Waals surface area contributed by atoms with Crippen molar-refractivity contribution in [1.82, 2.24) is 9.88 Å². The molecule has 0 saturated carbocycles. The second kappa shape index (κ2) is 4.73. The number of carbonyl (C=O) groups is 1. The highest BCUT2D eigenvalue weighted by Gasteiger charge is 2.26. The zero-order valence-corrected chi connectivity index (χ0v) is 10.4. The molecule has 1 amide bonds. The Morgan fingerprint density at radius 1 is 1.35 bits per heavy atom. The number of anilines is 1. The first-order valence-electron chi connectivity index (χ1n) is 6.07. The van der Waals surface area contributed by atoms with Crippen molar-refractivity contribution in [3.63, 3.8) is 0 Å². The van der Waals surface area contributed by atoms with Crippen LogP contribution in [0.3, 0.4) is 0 Å². The maximum absolute atomic E-state index is 12.2. The van der Waals surface area contributed by atoms with E-state index in [0.29, 0.717) is 23.2 Å². The van der Waals surface area contributed by atoms with E-state index in [-0.39, 0.29) is 5.91 Å². The average Bonchev–Trinajstić information content (AvgIpc) is 2.28. The number of nitrogens with zero attached hydrogens (tertiary/aromatic N) is 2. The lowest BCUT2D eigenvalue weighted by Gasteiger charge is -2.34. The second-order valence-electron chi connectivity index (χ2n) is 5.13. The number of aromatic nitrogens is 1. The van der Waals surface area contributed by atoms with Crippen LogP contribution in [0.25, 0.3) is 0 Å². The molecule has 2 atom stereocenters. The maximum Gasteiger partial charge on any atom is 0.272 e. The molecule has 1 aliphatic heterocycles. The molecule has 2 heterocycles. The molecule has 1 saturated heterocycles. The molecule has 2 rings (SSSR count). The van der Waals surface area contributed by atoms with Crippen molar-refractivity contribution in [1.29, 1.82) is 0 Å². The Bertz CT molecular complexity index is 392. The van der Waals surface area contributed by atoms with Crippen LogP contribution in [-0.2, 0) is 0 Å². The Morgan fingerprint density at radius 3 is 2.53 bits per heavy atom. The summed E-state index contributed by atoms with van der Waals surface area (Å²) in [6.07, 6.45) is 2.73. The molecule has 0 aliphatic carbocycles. The van der Waals surface area contributed by atoms with E-state index in [1.54, 1.807) is 12.1 Å². The van der Waals surface area contributed by atoms with Gasteiger partial charge in [0.05, 0.1) is 11.9 Å². The quantitative estimate of drug-likeness (QED) is 0.804. The zero-order valence-electron chi connectivity index (χ0n) is 10.4. The van der Waals surface area contributed by atoms with Gasteiger partial charge < -0.3 is 10.6 Å². The van der Waals surface area contributed by atoms with Crippen LogP contribution in [0.15, 0.2) is 18.3 Å². The van der Waals surface area contributed by atoms with Crippen LogP contribution in [0.4, 0.5) is 5.69 Å². The monoisotopic (exact) mass is 233 g/mol. The Kier molecular flexibility index (Phi) is 3.31. The van der Waals surface area contributed by atoms with Gasteiger partial charge in [0.25, 0.3) is 5.91 Å². The lowest BCUT2D eigenvalue weighted by atomic mass is 9.92. The fraction of sp³-hybridized carbons (Fsp3) is 0.538. The summed E-state index contributed by atoms with van der Waals surface area (Å²) in [6.45, 7) is 6.03. The van der Waals surface area contributed by atoms with E-state index < -0.39 is 0 Å². The van der Waals surface area contributed by atoms with Crippen LogP contribution in [0.5, 0.6) is 0 Å². The third-order valence-corrected chi connectivity index (χ3v) is 3.16. The van der Waals surface area contributed by atoms with Crippen LogP contribution in [-0.4, -0.2) is 28.9 Å². The smallest absolute Gasteiger partial charge is 0.272 e. The number of amides is 1. The van der Waals surface area contributed by atoms with E-state index in [1.807, 2.05) is 4.90 Å². The van der Waals surface area contributed by atoms with Crippen molar-refractivity contribution in [3.8, 4) is 0 Å². The van der Waals surface area contributed by atoms with Crippen LogP contribution < -0.4 is 5.73 Å². The molecule has 0 aromatic carbocycles. The van der Waals surface area contributed by atoms with E-state index in [2.05, 4.69) is 18.8 Å². The van der Waals surface area contributed by atoms with Gasteiger partial charge in [-0.1, -0.05) is 13.8 Å². The van der Waals surface area contributed by atoms with Crippen LogP contribution in [0, 0.1) is 11.8 Å². The summed E-state index contributed by atoms with van der Waals surface area (Å²) in [5.41, 5.74) is 6.63. The minimum Gasteiger partial charge on any atom is -0.397 e. The molecule has 1 fully saturated rings. The Labute approximate surface area is 102 Å². The molecule has 2 unspecified atom stereocenters. The summed E-state index contributed by atoms with van der Waals surface area (Å²) in [6, 6.07) is 3.42. The Hall–Kier alpha value is -1.58. The number of piperidine rings is 1. The number of likely N-dealkylation sites (tertiary alicyclic amines) is 1. The molecule has 92 valence electrons. The normalized spacial score (nSPS) is 24.7. The number of rotatable bonds is 1. The molecule has 2 N–H and O–H groups in total. The number of nitrogen functional groups attached to an aromatic ring is 1. The molecular formula is C13H19N3O. The highest BCUT2D eigenvalue weighted by atomic mass is 16.2. The lowest BCUT2D eigenvalue weighted by molar-refractivity contribution is 0.0617. The third kappa shape index (κ3) is 2.75. The van der Waals surface area contributed by atoms with E-state index in [4.69, 9.17) is 5.73 Å². The van der Waals surface area contributed by atoms with Crippen molar-refractivity contribution in [3.05, 3.63) is 24.0 Å². The molecule has 1 aliphatic rings. The third-order valence-electron chi connectivity index (χ3n) is 3.16. The highest BCUT2D eigenvalue weighted by Crippen LogP contribution is 2.22. The zero-order chi connectivity index (χ0) is 12.4. The fourth-order valence-corrected chi connectivity index (χ4v) is 2.52. The fourth-order valence-electron chi connectivity index (χ4n) is 2.52. The number of hydrogen-bond acceptors (Lipinski definition) is 3. The minimum absolute atomic E-state index is 0.0170. The van der Waals surface area contributed by atoms with Gasteiger partial charge in [-0.25, -0.2) is 4.98 Å². The van der Waals surface area contributed by atoms with Crippen molar-refractivity contribution >= 4 is 11.6 Å². The van der Waals surface area contributed by atoms with E-state index >= 15 is 0 Å². The van der Waals surface area contributed by atoms with E-state index in [0.717, 1.165) is 13.1 Å². The van der Waals surface area contributed by atoms with Gasteiger partial charge in [-0.15, -0.1) is 0 Å². The number of pyridine rings is 1. The van der Waals surface area contributed by atoms with Gasteiger partial charge in [0.2, 0.25) is 0 Å². The summed E-state index contributed by atoms with van der Waals surface area (Å²) >= 11 is 0. The van der Waals surface area contributed by atoms with Crippen LogP contribution in [0.1, 0.15) is 30.8 Å². The Balaban J connectivity index is 2.11. The van der Waals surface area contributed by atoms with Crippen LogP contribution in [0.2, 0.25) is 0 Å². The van der Waals surface area contributed by atoms with Crippen molar-refractivity contribution in [2.45, 2.75) is 20.3 Å². The van der Waals surface area contributed by atoms with Gasteiger partial charge in [0.1, 0.15) is 5.69 Å². The summed E-state index contributed by atoms with van der Waals surface area (Å²) in [4.78, 5) is 18.2. The van der Waals surface area contributed by atoms with Crippen molar-refractivity contribution < 1.29 is 4.79 Å². The first-order chi connectivity index (χ1) is 8.06. The van der Waals surface area contributed by atoms with Gasteiger partial charge in [-0.2, -0.15) is 0 Å². The first kappa shape index (κ1) is 11.9. The molecule has 0 radical (unpaired) electrons. The predicted molar refractivity (Wildman–Crippen MR) is 67.5 cm³/mol. The summed E-state index contributed by atoms with van der Waals surface area (Å²) in [5, 5.41) is 0. The lowest BCUT2D eigenvalue weighted by Crippen LogP contribution is -2.42. The maximum atomic E-state index is 12.2. The molecule has 0 bridgehead atoms. The number of nitrogens with two attached hydrogens (primary N) is 1. The molecule has 0 spiro atoms. The molecule has 1 aromatic heterocycles. The van der Waals surface area contributed by atoms with Gasteiger partial charge in [-0.05, 0) is 30.4 Å². The van der Waals surface area contributed by atoms with Crippen molar-refractivity contribution in [2.24, 2.45) is 11.8 Å². The SMILES string of the molecule is CC1CC(C)CN(C(=O)c2ccc(N)cn2)C1. The van der Waals surface area contributed by atoms with E-state index in [9.17, 15) is 4.79 Å². The van der Waals surface area contributed by atoms with Gasteiger partial charge in [-0.3, -0.25) is 4.79 Å². The van der Waals surface area contributed by atoms with Crippen molar-refractivity contribution in [2.75, 3.05) is 18.8 Å². The average molecular weight is 233 g/mol. The van der Waals surface area contributed by atoms with Gasteiger partial charge in [0.15, 0.2) is 0 Å². The number of carbonyl (C=O) groups excluding carboxylic acids is 1. The van der Waals surface area contributed by atoms with Crippen LogP contribution >= 0.6 is 0 Å². The molecule has 4 nitrogen and oxygen atoms in total. The van der Waals surface area contributed by atoms with Gasteiger partial charge in [0, 0.05) is 13.1 Å². The summed E-state index contributed by atoms with van der Waals surface area (Å²) < 4.78 is 0. The minimum atomic E-state index is 0.0170. The largest absolute Gasteiger partial charge is 0.397 e.